The molecule has 0 unspecified atom stereocenters. The Bertz CT molecular complexity index is 1020. The molecule has 1 aromatic carbocycles. The number of rotatable bonds is 5. The summed E-state index contributed by atoms with van der Waals surface area (Å²) in [6.45, 7) is 1.25. The van der Waals surface area contributed by atoms with Crippen LogP contribution in [0.3, 0.4) is 0 Å². The summed E-state index contributed by atoms with van der Waals surface area (Å²) in [6, 6.07) is 5.55. The van der Waals surface area contributed by atoms with Crippen LogP contribution in [0.4, 0.5) is 5.69 Å². The fourth-order valence-corrected chi connectivity index (χ4v) is 3.47. The van der Waals surface area contributed by atoms with Gasteiger partial charge in [0.25, 0.3) is 5.56 Å². The van der Waals surface area contributed by atoms with Gasteiger partial charge in [0.05, 0.1) is 9.92 Å². The zero-order valence-electron chi connectivity index (χ0n) is 14.2. The molecule has 2 rings (SSSR count). The molecule has 0 aliphatic rings. The Balaban J connectivity index is 2.25. The number of hydrogen-bond donors (Lipinski definition) is 1. The summed E-state index contributed by atoms with van der Waals surface area (Å²) in [5, 5.41) is 6.14. The fraction of sp³-hybridized carbons (Fsp3) is 0.267. The normalized spacial score (nSPS) is 11.6. The van der Waals surface area contributed by atoms with E-state index in [0.717, 1.165) is 15.1 Å². The van der Waals surface area contributed by atoms with Crippen molar-refractivity contribution < 1.29 is 13.2 Å². The van der Waals surface area contributed by atoms with E-state index in [-0.39, 0.29) is 20.8 Å². The first kappa shape index (κ1) is 20.4. The van der Waals surface area contributed by atoms with E-state index in [1.807, 2.05) is 0 Å². The van der Waals surface area contributed by atoms with Crippen LogP contribution in [-0.4, -0.2) is 42.5 Å². The number of aryl methyl sites for hydroxylation is 1. The average Bonchev–Trinajstić information content (AvgIpc) is 2.54. The lowest BCUT2D eigenvalue weighted by molar-refractivity contribution is -0.117. The molecular weight excluding hydrogens is 403 g/mol. The summed E-state index contributed by atoms with van der Waals surface area (Å²) in [5.41, 5.74) is 0.225. The predicted octanol–water partition coefficient (Wildman–Crippen LogP) is 1.75. The molecule has 0 radical (unpaired) electrons. The standard InChI is InChI=1S/C15H16Cl2N4O4S/c1-9-4-5-10(6-12(9)26(24,25)20(2)3)18-13(22)8-21-14(23)7-11(16)15(17)19-21/h4-7H,8H2,1-3H3,(H,18,22). The molecule has 1 heterocycles. The van der Waals surface area contributed by atoms with Gasteiger partial charge in [-0.15, -0.1) is 0 Å². The van der Waals surface area contributed by atoms with Crippen LogP contribution in [0, 0.1) is 6.92 Å². The molecular formula is C15H16Cl2N4O4S. The van der Waals surface area contributed by atoms with Crippen LogP contribution < -0.4 is 10.9 Å². The Labute approximate surface area is 160 Å². The van der Waals surface area contributed by atoms with Crippen LogP contribution >= 0.6 is 23.2 Å². The van der Waals surface area contributed by atoms with Crippen molar-refractivity contribution in [2.75, 3.05) is 19.4 Å². The largest absolute Gasteiger partial charge is 0.324 e. The molecule has 0 bridgehead atoms. The molecule has 1 N–H and O–H groups in total. The molecule has 140 valence electrons. The molecule has 11 heteroatoms. The highest BCUT2D eigenvalue weighted by Crippen LogP contribution is 2.22. The second-order valence-electron chi connectivity index (χ2n) is 5.59. The third-order valence-electron chi connectivity index (χ3n) is 3.43. The van der Waals surface area contributed by atoms with Crippen LogP contribution in [0.5, 0.6) is 0 Å². The minimum absolute atomic E-state index is 0.00890. The van der Waals surface area contributed by atoms with Crippen molar-refractivity contribution in [3.63, 3.8) is 0 Å². The van der Waals surface area contributed by atoms with Gasteiger partial charge >= 0.3 is 0 Å². The van der Waals surface area contributed by atoms with Crippen molar-refractivity contribution in [2.45, 2.75) is 18.4 Å². The van der Waals surface area contributed by atoms with E-state index in [0.29, 0.717) is 5.56 Å². The zero-order chi connectivity index (χ0) is 19.6. The number of halogens is 2. The van der Waals surface area contributed by atoms with Crippen LogP contribution in [0.15, 0.2) is 34.0 Å². The number of amides is 1. The maximum absolute atomic E-state index is 12.3. The van der Waals surface area contributed by atoms with Crippen LogP contribution in [0.2, 0.25) is 10.2 Å². The Morgan fingerprint density at radius 1 is 1.27 bits per heavy atom. The Morgan fingerprint density at radius 2 is 1.92 bits per heavy atom. The van der Waals surface area contributed by atoms with Gasteiger partial charge in [-0.1, -0.05) is 29.3 Å². The second kappa shape index (κ2) is 7.75. The first-order valence-electron chi connectivity index (χ1n) is 7.28. The Hall–Kier alpha value is -1.94. The highest BCUT2D eigenvalue weighted by Gasteiger charge is 2.20. The van der Waals surface area contributed by atoms with Gasteiger partial charge in [0, 0.05) is 25.8 Å². The highest BCUT2D eigenvalue weighted by atomic mass is 35.5. The minimum Gasteiger partial charge on any atom is -0.324 e. The quantitative estimate of drug-likeness (QED) is 0.796. The fourth-order valence-electron chi connectivity index (χ4n) is 2.05. The zero-order valence-corrected chi connectivity index (χ0v) is 16.5. The second-order valence-corrected chi connectivity index (χ2v) is 8.48. The summed E-state index contributed by atoms with van der Waals surface area (Å²) in [7, 11) is -0.821. The Morgan fingerprint density at radius 3 is 2.54 bits per heavy atom. The van der Waals surface area contributed by atoms with E-state index >= 15 is 0 Å². The van der Waals surface area contributed by atoms with E-state index in [1.54, 1.807) is 19.1 Å². The molecule has 0 aliphatic carbocycles. The van der Waals surface area contributed by atoms with E-state index in [2.05, 4.69) is 10.4 Å². The molecule has 26 heavy (non-hydrogen) atoms. The lowest BCUT2D eigenvalue weighted by Gasteiger charge is -2.15. The number of nitrogens with one attached hydrogen (secondary N) is 1. The third-order valence-corrected chi connectivity index (χ3v) is 6.06. The lowest BCUT2D eigenvalue weighted by atomic mass is 10.2. The van der Waals surface area contributed by atoms with Gasteiger partial charge < -0.3 is 5.32 Å². The summed E-state index contributed by atoms with van der Waals surface area (Å²) in [5.74, 6) is -0.574. The SMILES string of the molecule is Cc1ccc(NC(=O)Cn2nc(Cl)c(Cl)cc2=O)cc1S(=O)(=O)N(C)C. The van der Waals surface area contributed by atoms with Crippen molar-refractivity contribution in [3.8, 4) is 0 Å². The van der Waals surface area contributed by atoms with Gasteiger partial charge in [0.1, 0.15) is 6.54 Å². The van der Waals surface area contributed by atoms with Gasteiger partial charge in [-0.25, -0.2) is 17.4 Å². The van der Waals surface area contributed by atoms with E-state index in [4.69, 9.17) is 23.2 Å². The molecule has 1 amide bonds. The summed E-state index contributed by atoms with van der Waals surface area (Å²) < 4.78 is 26.6. The maximum Gasteiger partial charge on any atom is 0.268 e. The van der Waals surface area contributed by atoms with Crippen LogP contribution in [0.25, 0.3) is 0 Å². The number of carbonyl (C=O) groups excluding carboxylic acids is 1. The molecule has 0 saturated carbocycles. The van der Waals surface area contributed by atoms with Gasteiger partial charge in [-0.2, -0.15) is 5.10 Å². The number of anilines is 1. The predicted molar refractivity (Wildman–Crippen MR) is 99.2 cm³/mol. The monoisotopic (exact) mass is 418 g/mol. The first-order chi connectivity index (χ1) is 12.0. The van der Waals surface area contributed by atoms with Gasteiger partial charge in [-0.05, 0) is 24.6 Å². The molecule has 0 atom stereocenters. The summed E-state index contributed by atoms with van der Waals surface area (Å²) in [6.07, 6.45) is 0. The molecule has 0 spiro atoms. The number of hydrogen-bond acceptors (Lipinski definition) is 5. The number of carbonyl (C=O) groups is 1. The van der Waals surface area contributed by atoms with Crippen LogP contribution in [-0.2, 0) is 21.4 Å². The van der Waals surface area contributed by atoms with Gasteiger partial charge in [0.2, 0.25) is 15.9 Å². The van der Waals surface area contributed by atoms with E-state index in [1.165, 1.54) is 20.2 Å². The van der Waals surface area contributed by atoms with E-state index in [9.17, 15) is 18.0 Å². The molecule has 0 aliphatic heterocycles. The molecule has 0 saturated heterocycles. The molecule has 8 nitrogen and oxygen atoms in total. The maximum atomic E-state index is 12.3. The number of benzene rings is 1. The highest BCUT2D eigenvalue weighted by molar-refractivity contribution is 7.89. The summed E-state index contributed by atoms with van der Waals surface area (Å²) >= 11 is 11.4. The van der Waals surface area contributed by atoms with Gasteiger partial charge in [-0.3, -0.25) is 9.59 Å². The van der Waals surface area contributed by atoms with Crippen molar-refractivity contribution >= 4 is 44.8 Å². The first-order valence-corrected chi connectivity index (χ1v) is 9.48. The van der Waals surface area contributed by atoms with Crippen molar-refractivity contribution in [1.82, 2.24) is 14.1 Å². The number of aromatic nitrogens is 2. The average molecular weight is 419 g/mol. The minimum atomic E-state index is -3.66. The van der Waals surface area contributed by atoms with Crippen molar-refractivity contribution in [1.29, 1.82) is 0 Å². The lowest BCUT2D eigenvalue weighted by Crippen LogP contribution is -2.29. The van der Waals surface area contributed by atoms with Crippen LogP contribution in [0.1, 0.15) is 5.56 Å². The van der Waals surface area contributed by atoms with Crippen molar-refractivity contribution in [2.24, 2.45) is 0 Å². The third kappa shape index (κ3) is 4.42. The molecule has 1 aromatic heterocycles. The Kier molecular flexibility index (Phi) is 6.07. The summed E-state index contributed by atoms with van der Waals surface area (Å²) in [4.78, 5) is 24.0. The molecule has 2 aromatic rings. The molecule has 0 fully saturated rings. The van der Waals surface area contributed by atoms with Gasteiger partial charge in [0.15, 0.2) is 5.15 Å². The number of sulfonamides is 1. The topological polar surface area (TPSA) is 101 Å². The van der Waals surface area contributed by atoms with E-state index < -0.39 is 28.0 Å². The smallest absolute Gasteiger partial charge is 0.268 e. The number of nitrogens with zero attached hydrogens (tertiary/aromatic N) is 3. The van der Waals surface area contributed by atoms with Crippen molar-refractivity contribution in [3.05, 3.63) is 50.4 Å².